The van der Waals surface area contributed by atoms with Crippen LogP contribution >= 0.6 is 0 Å². The zero-order chi connectivity index (χ0) is 16.6. The van der Waals surface area contributed by atoms with Crippen molar-refractivity contribution in [2.24, 2.45) is 5.41 Å². The number of carboxylic acid groups (broad SMARTS) is 1. The molecule has 120 valence electrons. The van der Waals surface area contributed by atoms with E-state index in [0.717, 1.165) is 23.4 Å². The number of anilines is 2. The van der Waals surface area contributed by atoms with E-state index in [1.165, 1.54) is 5.56 Å². The summed E-state index contributed by atoms with van der Waals surface area (Å²) in [4.78, 5) is 11.2. The molecule has 0 spiro atoms. The molecule has 0 aromatic heterocycles. The van der Waals surface area contributed by atoms with Gasteiger partial charge < -0.3 is 15.7 Å². The fraction of sp³-hybridized carbons (Fsp3) is 0.316. The Kier molecular flexibility index (Phi) is 3.76. The number of hydrogen-bond donors (Lipinski definition) is 3. The number of benzene rings is 2. The summed E-state index contributed by atoms with van der Waals surface area (Å²) in [5.41, 5.74) is 4.74. The van der Waals surface area contributed by atoms with Crippen LogP contribution < -0.4 is 10.6 Å². The number of carboxylic acids is 1. The van der Waals surface area contributed by atoms with Crippen LogP contribution in [0.15, 0.2) is 42.5 Å². The Morgan fingerprint density at radius 3 is 2.74 bits per heavy atom. The number of nitrogens with one attached hydrogen (secondary N) is 2. The first kappa shape index (κ1) is 15.4. The van der Waals surface area contributed by atoms with E-state index in [-0.39, 0.29) is 11.5 Å². The number of fused-ring (bicyclic) bond motifs is 1. The molecule has 1 unspecified atom stereocenters. The monoisotopic (exact) mass is 310 g/mol. The fourth-order valence-corrected chi connectivity index (χ4v) is 3.37. The van der Waals surface area contributed by atoms with Gasteiger partial charge in [-0.15, -0.1) is 0 Å². The average Bonchev–Trinajstić information content (AvgIpc) is 2.52. The van der Waals surface area contributed by atoms with Crippen LogP contribution in [0.3, 0.4) is 0 Å². The van der Waals surface area contributed by atoms with Crippen molar-refractivity contribution in [1.82, 2.24) is 0 Å². The normalized spacial score (nSPS) is 18.7. The molecule has 4 nitrogen and oxygen atoms in total. The van der Waals surface area contributed by atoms with Crippen LogP contribution in [-0.4, -0.2) is 18.1 Å². The van der Waals surface area contributed by atoms with Crippen LogP contribution in [0.2, 0.25) is 0 Å². The minimum atomic E-state index is -0.880. The average molecular weight is 310 g/mol. The molecule has 0 amide bonds. The van der Waals surface area contributed by atoms with E-state index < -0.39 is 5.97 Å². The standard InChI is InChI=1S/C19H22N2O2/c1-19(2)11-14-9-13(18(22)23)7-8-16(14)21-17(19)12-5-4-6-15(10-12)20-3/h4-10,17,20-21H,11H2,1-3H3,(H,22,23). The van der Waals surface area contributed by atoms with Crippen LogP contribution in [0, 0.1) is 5.41 Å². The van der Waals surface area contributed by atoms with Crippen molar-refractivity contribution < 1.29 is 9.90 Å². The fourth-order valence-electron chi connectivity index (χ4n) is 3.37. The smallest absolute Gasteiger partial charge is 0.335 e. The van der Waals surface area contributed by atoms with Gasteiger partial charge in [0.05, 0.1) is 11.6 Å². The van der Waals surface area contributed by atoms with E-state index in [1.54, 1.807) is 12.1 Å². The highest BCUT2D eigenvalue weighted by molar-refractivity contribution is 5.88. The molecule has 3 N–H and O–H groups in total. The maximum absolute atomic E-state index is 11.2. The van der Waals surface area contributed by atoms with Crippen LogP contribution in [0.1, 0.15) is 41.4 Å². The Morgan fingerprint density at radius 1 is 1.26 bits per heavy atom. The number of carbonyl (C=O) groups is 1. The summed E-state index contributed by atoms with van der Waals surface area (Å²) in [6.07, 6.45) is 0.838. The van der Waals surface area contributed by atoms with Gasteiger partial charge in [0.25, 0.3) is 0 Å². The van der Waals surface area contributed by atoms with Crippen molar-refractivity contribution in [3.8, 4) is 0 Å². The van der Waals surface area contributed by atoms with E-state index in [9.17, 15) is 9.90 Å². The van der Waals surface area contributed by atoms with E-state index >= 15 is 0 Å². The Hall–Kier alpha value is -2.49. The highest BCUT2D eigenvalue weighted by Crippen LogP contribution is 2.45. The molecule has 3 rings (SSSR count). The first-order chi connectivity index (χ1) is 10.9. The molecular weight excluding hydrogens is 288 g/mol. The van der Waals surface area contributed by atoms with Crippen molar-refractivity contribution in [2.45, 2.75) is 26.3 Å². The Labute approximate surface area is 136 Å². The van der Waals surface area contributed by atoms with Gasteiger partial charge in [0.1, 0.15) is 0 Å². The third-order valence-corrected chi connectivity index (χ3v) is 4.59. The summed E-state index contributed by atoms with van der Waals surface area (Å²) in [7, 11) is 1.92. The Bertz CT molecular complexity index is 753. The molecule has 0 aliphatic carbocycles. The van der Waals surface area contributed by atoms with Gasteiger partial charge in [-0.3, -0.25) is 0 Å². The van der Waals surface area contributed by atoms with Crippen molar-refractivity contribution in [3.63, 3.8) is 0 Å². The lowest BCUT2D eigenvalue weighted by molar-refractivity contribution is 0.0696. The van der Waals surface area contributed by atoms with Gasteiger partial charge in [0.2, 0.25) is 0 Å². The molecule has 0 saturated carbocycles. The quantitative estimate of drug-likeness (QED) is 0.796. The molecule has 1 heterocycles. The van der Waals surface area contributed by atoms with Gasteiger partial charge in [-0.25, -0.2) is 4.79 Å². The molecule has 1 aliphatic heterocycles. The van der Waals surface area contributed by atoms with E-state index in [4.69, 9.17) is 0 Å². The van der Waals surface area contributed by atoms with Gasteiger partial charge in [-0.2, -0.15) is 0 Å². The summed E-state index contributed by atoms with van der Waals surface area (Å²) in [5.74, 6) is -0.880. The van der Waals surface area contributed by atoms with Gasteiger partial charge in [0.15, 0.2) is 0 Å². The summed E-state index contributed by atoms with van der Waals surface area (Å²) >= 11 is 0. The number of rotatable bonds is 3. The van der Waals surface area contributed by atoms with Crippen molar-refractivity contribution in [1.29, 1.82) is 0 Å². The molecule has 0 bridgehead atoms. The van der Waals surface area contributed by atoms with Crippen molar-refractivity contribution in [3.05, 3.63) is 59.2 Å². The molecular formula is C19H22N2O2. The lowest BCUT2D eigenvalue weighted by Gasteiger charge is -2.41. The zero-order valence-electron chi connectivity index (χ0n) is 13.7. The second-order valence-corrected chi connectivity index (χ2v) is 6.80. The van der Waals surface area contributed by atoms with E-state index in [1.807, 2.05) is 19.2 Å². The third-order valence-electron chi connectivity index (χ3n) is 4.59. The van der Waals surface area contributed by atoms with Crippen LogP contribution in [0.5, 0.6) is 0 Å². The van der Waals surface area contributed by atoms with Crippen LogP contribution in [-0.2, 0) is 6.42 Å². The molecule has 23 heavy (non-hydrogen) atoms. The lowest BCUT2D eigenvalue weighted by Crippen LogP contribution is -2.35. The zero-order valence-corrected chi connectivity index (χ0v) is 13.7. The minimum Gasteiger partial charge on any atom is -0.478 e. The predicted molar refractivity (Wildman–Crippen MR) is 93.2 cm³/mol. The topological polar surface area (TPSA) is 61.4 Å². The highest BCUT2D eigenvalue weighted by atomic mass is 16.4. The summed E-state index contributed by atoms with van der Waals surface area (Å²) in [5, 5.41) is 16.0. The third kappa shape index (κ3) is 2.89. The SMILES string of the molecule is CNc1cccc(C2Nc3ccc(C(=O)O)cc3CC2(C)C)c1. The second kappa shape index (κ2) is 5.61. The maximum atomic E-state index is 11.2. The Balaban J connectivity index is 1.99. The second-order valence-electron chi connectivity index (χ2n) is 6.80. The summed E-state index contributed by atoms with van der Waals surface area (Å²) < 4.78 is 0. The summed E-state index contributed by atoms with van der Waals surface area (Å²) in [6, 6.07) is 13.9. The van der Waals surface area contributed by atoms with Crippen molar-refractivity contribution in [2.75, 3.05) is 17.7 Å². The summed E-state index contributed by atoms with van der Waals surface area (Å²) in [6.45, 7) is 4.43. The van der Waals surface area contributed by atoms with Gasteiger partial charge >= 0.3 is 5.97 Å². The first-order valence-corrected chi connectivity index (χ1v) is 7.81. The van der Waals surface area contributed by atoms with E-state index in [0.29, 0.717) is 5.56 Å². The number of hydrogen-bond acceptors (Lipinski definition) is 3. The van der Waals surface area contributed by atoms with Gasteiger partial charge in [-0.1, -0.05) is 26.0 Å². The molecule has 1 aliphatic rings. The van der Waals surface area contributed by atoms with Crippen LogP contribution in [0.4, 0.5) is 11.4 Å². The number of aromatic carboxylic acids is 1. The largest absolute Gasteiger partial charge is 0.478 e. The predicted octanol–water partition coefficient (Wildman–Crippen LogP) is 4.16. The van der Waals surface area contributed by atoms with E-state index in [2.05, 4.69) is 42.7 Å². The molecule has 2 aromatic carbocycles. The van der Waals surface area contributed by atoms with Crippen molar-refractivity contribution >= 4 is 17.3 Å². The Morgan fingerprint density at radius 2 is 2.04 bits per heavy atom. The molecule has 0 radical (unpaired) electrons. The lowest BCUT2D eigenvalue weighted by atomic mass is 9.72. The first-order valence-electron chi connectivity index (χ1n) is 7.81. The molecule has 2 aromatic rings. The minimum absolute atomic E-state index is 0.0174. The molecule has 0 saturated heterocycles. The van der Waals surface area contributed by atoms with Gasteiger partial charge in [0, 0.05) is 18.4 Å². The molecule has 4 heteroatoms. The molecule has 0 fully saturated rings. The maximum Gasteiger partial charge on any atom is 0.335 e. The molecule has 1 atom stereocenters. The highest BCUT2D eigenvalue weighted by Gasteiger charge is 2.36. The van der Waals surface area contributed by atoms with Gasteiger partial charge in [-0.05, 0) is 53.3 Å². The van der Waals surface area contributed by atoms with Crippen LogP contribution in [0.25, 0.3) is 0 Å².